The summed E-state index contributed by atoms with van der Waals surface area (Å²) in [5.41, 5.74) is 2.20. The van der Waals surface area contributed by atoms with E-state index in [-0.39, 0.29) is 11.3 Å². The molecule has 0 aromatic heterocycles. The highest BCUT2D eigenvalue weighted by Crippen LogP contribution is 2.44. The summed E-state index contributed by atoms with van der Waals surface area (Å²) >= 11 is 0. The molecule has 1 aromatic carbocycles. The predicted molar refractivity (Wildman–Crippen MR) is 81.8 cm³/mol. The first-order valence-electron chi connectivity index (χ1n) is 7.85. The Labute approximate surface area is 122 Å². The SMILES string of the molecule is CC(C)(C)c1ccc(C(=O)N[C@H]2C[C@@H]3CC[C@@H]2C3)cc1. The minimum absolute atomic E-state index is 0.100. The smallest absolute Gasteiger partial charge is 0.251 e. The Kier molecular flexibility index (Phi) is 3.35. The highest BCUT2D eigenvalue weighted by molar-refractivity contribution is 5.94. The molecule has 0 spiro atoms. The van der Waals surface area contributed by atoms with Gasteiger partial charge in [0.05, 0.1) is 0 Å². The van der Waals surface area contributed by atoms with E-state index in [1.807, 2.05) is 12.1 Å². The maximum Gasteiger partial charge on any atom is 0.251 e. The lowest BCUT2D eigenvalue weighted by atomic mass is 9.86. The van der Waals surface area contributed by atoms with Crippen molar-refractivity contribution in [3.8, 4) is 0 Å². The second-order valence-corrected chi connectivity index (χ2v) is 7.58. The Morgan fingerprint density at radius 2 is 1.80 bits per heavy atom. The van der Waals surface area contributed by atoms with Crippen molar-refractivity contribution in [2.75, 3.05) is 0 Å². The largest absolute Gasteiger partial charge is 0.349 e. The van der Waals surface area contributed by atoms with Gasteiger partial charge in [0.15, 0.2) is 0 Å². The fourth-order valence-corrected chi connectivity index (χ4v) is 3.79. The molecule has 108 valence electrons. The topological polar surface area (TPSA) is 29.1 Å². The number of nitrogens with one attached hydrogen (secondary N) is 1. The van der Waals surface area contributed by atoms with E-state index in [1.165, 1.54) is 31.2 Å². The summed E-state index contributed by atoms with van der Waals surface area (Å²) in [7, 11) is 0. The molecular weight excluding hydrogens is 246 g/mol. The zero-order valence-electron chi connectivity index (χ0n) is 12.8. The summed E-state index contributed by atoms with van der Waals surface area (Å²) in [5.74, 6) is 1.70. The summed E-state index contributed by atoms with van der Waals surface area (Å²) < 4.78 is 0. The Bertz CT molecular complexity index is 497. The Morgan fingerprint density at radius 1 is 1.10 bits per heavy atom. The van der Waals surface area contributed by atoms with Gasteiger partial charge in [0.25, 0.3) is 5.91 Å². The number of benzene rings is 1. The van der Waals surface area contributed by atoms with E-state index in [0.29, 0.717) is 6.04 Å². The monoisotopic (exact) mass is 271 g/mol. The van der Waals surface area contributed by atoms with E-state index in [4.69, 9.17) is 0 Å². The van der Waals surface area contributed by atoms with Gasteiger partial charge in [0.1, 0.15) is 0 Å². The zero-order valence-corrected chi connectivity index (χ0v) is 12.8. The number of amides is 1. The van der Waals surface area contributed by atoms with Gasteiger partial charge in [-0.25, -0.2) is 0 Å². The first kappa shape index (κ1) is 13.7. The molecule has 1 aromatic rings. The Hall–Kier alpha value is -1.31. The number of hydrogen-bond acceptors (Lipinski definition) is 1. The van der Waals surface area contributed by atoms with Gasteiger partial charge in [-0.05, 0) is 54.2 Å². The van der Waals surface area contributed by atoms with Crippen molar-refractivity contribution in [1.29, 1.82) is 0 Å². The van der Waals surface area contributed by atoms with Gasteiger partial charge in [-0.1, -0.05) is 39.3 Å². The van der Waals surface area contributed by atoms with Crippen LogP contribution < -0.4 is 5.32 Å². The van der Waals surface area contributed by atoms with Gasteiger partial charge in [-0.3, -0.25) is 4.79 Å². The molecule has 2 saturated carbocycles. The quantitative estimate of drug-likeness (QED) is 0.868. The maximum atomic E-state index is 12.3. The van der Waals surface area contributed by atoms with Gasteiger partial charge >= 0.3 is 0 Å². The molecule has 2 aliphatic carbocycles. The van der Waals surface area contributed by atoms with Gasteiger partial charge in [0.2, 0.25) is 0 Å². The third kappa shape index (κ3) is 2.61. The van der Waals surface area contributed by atoms with Crippen molar-refractivity contribution in [3.05, 3.63) is 35.4 Å². The van der Waals surface area contributed by atoms with Crippen LogP contribution in [0.15, 0.2) is 24.3 Å². The maximum absolute atomic E-state index is 12.3. The molecule has 2 fully saturated rings. The van der Waals surface area contributed by atoms with Crippen LogP contribution in [0.4, 0.5) is 0 Å². The van der Waals surface area contributed by atoms with Gasteiger partial charge in [-0.2, -0.15) is 0 Å². The van der Waals surface area contributed by atoms with Crippen molar-refractivity contribution in [3.63, 3.8) is 0 Å². The van der Waals surface area contributed by atoms with Crippen molar-refractivity contribution < 1.29 is 4.79 Å². The van der Waals surface area contributed by atoms with Crippen LogP contribution in [0.3, 0.4) is 0 Å². The summed E-state index contributed by atoms with van der Waals surface area (Å²) in [6.45, 7) is 6.58. The number of carbonyl (C=O) groups excluding carboxylic acids is 1. The fourth-order valence-electron chi connectivity index (χ4n) is 3.79. The van der Waals surface area contributed by atoms with Crippen LogP contribution in [0, 0.1) is 11.8 Å². The van der Waals surface area contributed by atoms with Gasteiger partial charge in [0, 0.05) is 11.6 Å². The van der Waals surface area contributed by atoms with Crippen molar-refractivity contribution >= 4 is 5.91 Å². The molecule has 2 nitrogen and oxygen atoms in total. The van der Waals surface area contributed by atoms with Crippen LogP contribution in [0.5, 0.6) is 0 Å². The minimum atomic E-state index is 0.100. The van der Waals surface area contributed by atoms with E-state index < -0.39 is 0 Å². The van der Waals surface area contributed by atoms with E-state index in [0.717, 1.165) is 17.4 Å². The molecule has 2 aliphatic rings. The van der Waals surface area contributed by atoms with Crippen LogP contribution in [0.1, 0.15) is 62.4 Å². The summed E-state index contributed by atoms with van der Waals surface area (Å²) in [5, 5.41) is 3.25. The molecule has 0 heterocycles. The second-order valence-electron chi connectivity index (χ2n) is 7.58. The predicted octanol–water partition coefficient (Wildman–Crippen LogP) is 3.90. The third-order valence-electron chi connectivity index (χ3n) is 5.07. The lowest BCUT2D eigenvalue weighted by molar-refractivity contribution is 0.0923. The molecular formula is C18H25NO. The van der Waals surface area contributed by atoms with Crippen molar-refractivity contribution in [2.24, 2.45) is 11.8 Å². The van der Waals surface area contributed by atoms with Crippen LogP contribution in [0.25, 0.3) is 0 Å². The number of hydrogen-bond donors (Lipinski definition) is 1. The molecule has 2 heteroatoms. The van der Waals surface area contributed by atoms with Crippen molar-refractivity contribution in [1.82, 2.24) is 5.32 Å². The van der Waals surface area contributed by atoms with E-state index in [2.05, 4.69) is 38.2 Å². The second kappa shape index (κ2) is 4.91. The lowest BCUT2D eigenvalue weighted by Crippen LogP contribution is -2.38. The van der Waals surface area contributed by atoms with Gasteiger partial charge in [-0.15, -0.1) is 0 Å². The zero-order chi connectivity index (χ0) is 14.3. The molecule has 1 amide bonds. The Morgan fingerprint density at radius 3 is 2.30 bits per heavy atom. The number of fused-ring (bicyclic) bond motifs is 2. The molecule has 20 heavy (non-hydrogen) atoms. The molecule has 3 atom stereocenters. The average molecular weight is 271 g/mol. The van der Waals surface area contributed by atoms with Crippen molar-refractivity contribution in [2.45, 2.75) is 57.9 Å². The summed E-state index contributed by atoms with van der Waals surface area (Å²) in [6, 6.07) is 8.50. The molecule has 0 radical (unpaired) electrons. The lowest BCUT2D eigenvalue weighted by Gasteiger charge is -2.23. The van der Waals surface area contributed by atoms with Crippen LogP contribution >= 0.6 is 0 Å². The number of rotatable bonds is 2. The highest BCUT2D eigenvalue weighted by Gasteiger charge is 2.40. The molecule has 0 unspecified atom stereocenters. The van der Waals surface area contributed by atoms with Crippen LogP contribution in [-0.4, -0.2) is 11.9 Å². The molecule has 0 saturated heterocycles. The van der Waals surface area contributed by atoms with Gasteiger partial charge < -0.3 is 5.32 Å². The standard InChI is InChI=1S/C18H25NO/c1-18(2,3)15-8-6-13(7-9-15)17(20)19-16-11-12-4-5-14(16)10-12/h6-9,12,14,16H,4-5,10-11H2,1-3H3,(H,19,20)/t12-,14-,16+/m1/s1. The van der Waals surface area contributed by atoms with Crippen LogP contribution in [0.2, 0.25) is 0 Å². The van der Waals surface area contributed by atoms with E-state index >= 15 is 0 Å². The number of carbonyl (C=O) groups is 1. The minimum Gasteiger partial charge on any atom is -0.349 e. The molecule has 1 N–H and O–H groups in total. The summed E-state index contributed by atoms with van der Waals surface area (Å²) in [4.78, 5) is 12.3. The fraction of sp³-hybridized carbons (Fsp3) is 0.611. The molecule has 2 bridgehead atoms. The summed E-state index contributed by atoms with van der Waals surface area (Å²) in [6.07, 6.45) is 5.19. The highest BCUT2D eigenvalue weighted by atomic mass is 16.1. The third-order valence-corrected chi connectivity index (χ3v) is 5.07. The average Bonchev–Trinajstić information content (AvgIpc) is 3.00. The Balaban J connectivity index is 1.65. The first-order valence-corrected chi connectivity index (χ1v) is 7.85. The molecule has 0 aliphatic heterocycles. The molecule has 3 rings (SSSR count). The van der Waals surface area contributed by atoms with E-state index in [1.54, 1.807) is 0 Å². The van der Waals surface area contributed by atoms with E-state index in [9.17, 15) is 4.79 Å². The normalized spacial score (nSPS) is 28.6. The first-order chi connectivity index (χ1) is 9.43. The van der Waals surface area contributed by atoms with Crippen LogP contribution in [-0.2, 0) is 5.41 Å².